The van der Waals surface area contributed by atoms with Crippen LogP contribution >= 0.6 is 11.6 Å². The summed E-state index contributed by atoms with van der Waals surface area (Å²) in [4.78, 5) is 12.0. The average molecular weight is 433 g/mol. The molecule has 4 aliphatic carbocycles. The number of ketones is 1. The zero-order chi connectivity index (χ0) is 20.3. The zero-order valence-corrected chi connectivity index (χ0v) is 17.2. The third-order valence-electron chi connectivity index (χ3n) is 6.36. The summed E-state index contributed by atoms with van der Waals surface area (Å²) >= 11 is 6.16. The Morgan fingerprint density at radius 2 is 1.89 bits per heavy atom. The van der Waals surface area contributed by atoms with Crippen LogP contribution in [0.3, 0.4) is 0 Å². The third kappa shape index (κ3) is 3.92. The first kappa shape index (κ1) is 20.1. The number of halogens is 3. The molecule has 2 unspecified atom stereocenters. The van der Waals surface area contributed by atoms with E-state index < -0.39 is 32.9 Å². The molecule has 4 saturated carbocycles. The maximum atomic E-state index is 15.0. The first-order valence-corrected chi connectivity index (χ1v) is 11.9. The van der Waals surface area contributed by atoms with E-state index in [1.54, 1.807) is 0 Å². The van der Waals surface area contributed by atoms with Gasteiger partial charge in [-0.15, -0.1) is 0 Å². The Kier molecular flexibility index (Phi) is 4.77. The highest BCUT2D eigenvalue weighted by Gasteiger charge is 2.58. The van der Waals surface area contributed by atoms with Gasteiger partial charge >= 0.3 is 0 Å². The maximum absolute atomic E-state index is 15.0. The molecule has 2 atom stereocenters. The molecular weight excluding hydrogens is 410 g/mol. The largest absolute Gasteiger partial charge is 0.491 e. The molecule has 0 amide bonds. The maximum Gasteiger partial charge on any atom is 0.180 e. The minimum Gasteiger partial charge on any atom is -0.491 e. The van der Waals surface area contributed by atoms with E-state index in [4.69, 9.17) is 16.3 Å². The molecule has 4 nitrogen and oxygen atoms in total. The van der Waals surface area contributed by atoms with Gasteiger partial charge in [0, 0.05) is 17.7 Å². The molecule has 0 aliphatic heterocycles. The topological polar surface area (TPSA) is 60.4 Å². The van der Waals surface area contributed by atoms with E-state index in [-0.39, 0.29) is 28.4 Å². The Bertz CT molecular complexity index is 916. The number of Topliss-reactive ketones (excluding diaryl/α,β-unsaturated/α-hetero) is 1. The number of carbonyl (C=O) groups is 1. The highest BCUT2D eigenvalue weighted by molar-refractivity contribution is 7.91. The number of carbonyl (C=O) groups excluding carboxylic acids is 1. The van der Waals surface area contributed by atoms with E-state index in [9.17, 15) is 17.6 Å². The van der Waals surface area contributed by atoms with Crippen LogP contribution in [0.4, 0.5) is 8.78 Å². The van der Waals surface area contributed by atoms with E-state index in [1.165, 1.54) is 0 Å². The molecule has 28 heavy (non-hydrogen) atoms. The number of hydrogen-bond donors (Lipinski definition) is 0. The standard InChI is InChI=1S/C20H23ClF2O4S/c1-28(25,26)9-17(24)14-3-15(21)18(4-16(14)22)27-11-19-5-12-2-13(6-19)8-20(23,7-12)10-19/h3-4,12-13H,2,5-11H2,1H3. The van der Waals surface area contributed by atoms with Crippen LogP contribution in [-0.2, 0) is 9.84 Å². The van der Waals surface area contributed by atoms with Crippen molar-refractivity contribution in [2.75, 3.05) is 18.6 Å². The molecule has 0 N–H and O–H groups in total. The molecule has 8 heteroatoms. The van der Waals surface area contributed by atoms with Gasteiger partial charge in [-0.2, -0.15) is 0 Å². The Hall–Kier alpha value is -1.21. The lowest BCUT2D eigenvalue weighted by molar-refractivity contribution is -0.136. The van der Waals surface area contributed by atoms with Gasteiger partial charge in [-0.25, -0.2) is 17.2 Å². The molecule has 0 aromatic heterocycles. The summed E-state index contributed by atoms with van der Waals surface area (Å²) in [5.41, 5.74) is -1.73. The zero-order valence-electron chi connectivity index (χ0n) is 15.6. The van der Waals surface area contributed by atoms with Crippen molar-refractivity contribution in [2.45, 2.75) is 44.2 Å². The lowest BCUT2D eigenvalue weighted by atomic mass is 9.49. The number of benzene rings is 1. The van der Waals surface area contributed by atoms with Gasteiger partial charge in [-0.3, -0.25) is 4.79 Å². The molecule has 5 rings (SSSR count). The first-order valence-electron chi connectivity index (χ1n) is 9.48. The van der Waals surface area contributed by atoms with Crippen molar-refractivity contribution in [2.24, 2.45) is 17.3 Å². The van der Waals surface area contributed by atoms with Crippen molar-refractivity contribution in [3.05, 3.63) is 28.5 Å². The molecule has 4 fully saturated rings. The van der Waals surface area contributed by atoms with Gasteiger partial charge < -0.3 is 4.74 Å². The Morgan fingerprint density at radius 3 is 2.46 bits per heavy atom. The van der Waals surface area contributed by atoms with Crippen LogP contribution < -0.4 is 4.74 Å². The second-order valence-electron chi connectivity index (χ2n) is 9.16. The summed E-state index contributed by atoms with van der Waals surface area (Å²) in [6.07, 6.45) is 5.57. The monoisotopic (exact) mass is 432 g/mol. The van der Waals surface area contributed by atoms with E-state index >= 15 is 4.39 Å². The van der Waals surface area contributed by atoms with Crippen molar-refractivity contribution >= 4 is 27.2 Å². The van der Waals surface area contributed by atoms with Gasteiger partial charge in [0.05, 0.1) is 17.2 Å². The van der Waals surface area contributed by atoms with Crippen LogP contribution in [0.2, 0.25) is 5.02 Å². The highest BCUT2D eigenvalue weighted by Crippen LogP contribution is 2.63. The molecule has 4 aliphatic rings. The Balaban J connectivity index is 1.50. The van der Waals surface area contributed by atoms with Gasteiger partial charge in [-0.1, -0.05) is 11.6 Å². The van der Waals surface area contributed by atoms with Crippen LogP contribution in [-0.4, -0.2) is 38.5 Å². The lowest BCUT2D eigenvalue weighted by Crippen LogP contribution is -2.55. The summed E-state index contributed by atoms with van der Waals surface area (Å²) in [7, 11) is -3.58. The molecule has 0 radical (unpaired) electrons. The molecule has 1 aromatic rings. The number of hydrogen-bond acceptors (Lipinski definition) is 4. The van der Waals surface area contributed by atoms with Crippen molar-refractivity contribution in [3.8, 4) is 5.75 Å². The number of rotatable bonds is 6. The molecule has 0 spiro atoms. The summed E-state index contributed by atoms with van der Waals surface area (Å²) in [5.74, 6) is -1.64. The van der Waals surface area contributed by atoms with Crippen molar-refractivity contribution in [1.82, 2.24) is 0 Å². The minimum absolute atomic E-state index is 0.0398. The summed E-state index contributed by atoms with van der Waals surface area (Å²) < 4.78 is 57.8. The van der Waals surface area contributed by atoms with E-state index in [1.807, 2.05) is 0 Å². The quantitative estimate of drug-likeness (QED) is 0.625. The van der Waals surface area contributed by atoms with Crippen LogP contribution in [0.1, 0.15) is 48.9 Å². The highest BCUT2D eigenvalue weighted by atomic mass is 35.5. The SMILES string of the molecule is CS(=O)(=O)CC(=O)c1cc(Cl)c(OCC23CC4CC(CC(F)(C4)C2)C3)cc1F. The summed E-state index contributed by atoms with van der Waals surface area (Å²) in [6.45, 7) is 0.265. The van der Waals surface area contributed by atoms with Crippen LogP contribution in [0.25, 0.3) is 0 Å². The minimum atomic E-state index is -3.58. The molecule has 1 aromatic carbocycles. The predicted octanol–water partition coefficient (Wildman–Crippen LogP) is 4.39. The fourth-order valence-corrected chi connectivity index (χ4v) is 6.75. The predicted molar refractivity (Wildman–Crippen MR) is 102 cm³/mol. The average Bonchev–Trinajstić information content (AvgIpc) is 2.51. The number of sulfone groups is 1. The number of alkyl halides is 1. The third-order valence-corrected chi connectivity index (χ3v) is 7.44. The smallest absolute Gasteiger partial charge is 0.180 e. The molecule has 154 valence electrons. The van der Waals surface area contributed by atoms with Gasteiger partial charge in [0.15, 0.2) is 15.6 Å². The van der Waals surface area contributed by atoms with Crippen LogP contribution in [0, 0.1) is 23.1 Å². The van der Waals surface area contributed by atoms with E-state index in [2.05, 4.69) is 0 Å². The molecular formula is C20H23ClF2O4S. The van der Waals surface area contributed by atoms with Crippen LogP contribution in [0.15, 0.2) is 12.1 Å². The van der Waals surface area contributed by atoms with Gasteiger partial charge in [0.25, 0.3) is 0 Å². The molecule has 0 saturated heterocycles. The second kappa shape index (κ2) is 6.66. The Labute approximate surface area is 168 Å². The van der Waals surface area contributed by atoms with Gasteiger partial charge in [0.2, 0.25) is 0 Å². The van der Waals surface area contributed by atoms with Gasteiger partial charge in [0.1, 0.15) is 23.0 Å². The van der Waals surface area contributed by atoms with Crippen LogP contribution in [0.5, 0.6) is 5.75 Å². The van der Waals surface area contributed by atoms with Gasteiger partial charge in [-0.05, 0) is 56.4 Å². The first-order chi connectivity index (χ1) is 13.0. The second-order valence-corrected chi connectivity index (χ2v) is 11.7. The fraction of sp³-hybridized carbons (Fsp3) is 0.650. The molecule has 4 bridgehead atoms. The number of ether oxygens (including phenoxy) is 1. The normalized spacial score (nSPS) is 33.9. The fourth-order valence-electron chi connectivity index (χ4n) is 5.90. The Morgan fingerprint density at radius 1 is 1.25 bits per heavy atom. The van der Waals surface area contributed by atoms with Crippen molar-refractivity contribution in [1.29, 1.82) is 0 Å². The molecule has 0 heterocycles. The summed E-state index contributed by atoms with van der Waals surface area (Å²) in [5, 5.41) is 0.0398. The summed E-state index contributed by atoms with van der Waals surface area (Å²) in [6, 6.07) is 2.12. The van der Waals surface area contributed by atoms with E-state index in [0.29, 0.717) is 31.1 Å². The van der Waals surface area contributed by atoms with Crippen molar-refractivity contribution in [3.63, 3.8) is 0 Å². The van der Waals surface area contributed by atoms with Crippen molar-refractivity contribution < 1.29 is 26.7 Å². The lowest BCUT2D eigenvalue weighted by Gasteiger charge is -2.58. The van der Waals surface area contributed by atoms with E-state index in [0.717, 1.165) is 37.7 Å².